The van der Waals surface area contributed by atoms with Gasteiger partial charge in [-0.3, -0.25) is 9.69 Å². The van der Waals surface area contributed by atoms with Crippen LogP contribution in [-0.4, -0.2) is 37.0 Å². The minimum absolute atomic E-state index is 0. The Morgan fingerprint density at radius 2 is 1.82 bits per heavy atom. The van der Waals surface area contributed by atoms with E-state index in [-0.39, 0.29) is 30.7 Å². The summed E-state index contributed by atoms with van der Waals surface area (Å²) in [5.41, 5.74) is 2.60. The van der Waals surface area contributed by atoms with Gasteiger partial charge in [-0.1, -0.05) is 43.5 Å². The Balaban J connectivity index is 0.00000196. The van der Waals surface area contributed by atoms with Crippen LogP contribution in [0.4, 0.5) is 0 Å². The molecule has 2 N–H and O–H groups in total. The highest BCUT2D eigenvalue weighted by Crippen LogP contribution is 2.23. The number of nitrogens with one attached hydrogen (secondary N) is 2. The molecule has 0 radical (unpaired) electrons. The Bertz CT molecular complexity index is 573. The smallest absolute Gasteiger partial charge is 0.220 e. The SMILES string of the molecule is CN(Cc1ccccc1CNC(=O)CCC1CCNC1)C1CCCCC1.Cl.Cl. The number of amides is 1. The van der Waals surface area contributed by atoms with Crippen LogP contribution in [0.5, 0.6) is 0 Å². The molecule has 4 nitrogen and oxygen atoms in total. The molecule has 1 aliphatic heterocycles. The third-order valence-corrected chi connectivity index (χ3v) is 6.15. The van der Waals surface area contributed by atoms with Crippen molar-refractivity contribution >= 4 is 30.7 Å². The van der Waals surface area contributed by atoms with Crippen LogP contribution in [0.25, 0.3) is 0 Å². The first-order chi connectivity index (χ1) is 12.7. The van der Waals surface area contributed by atoms with E-state index in [1.807, 2.05) is 0 Å². The van der Waals surface area contributed by atoms with Crippen LogP contribution in [0, 0.1) is 5.92 Å². The molecule has 1 saturated heterocycles. The van der Waals surface area contributed by atoms with Crippen molar-refractivity contribution in [3.05, 3.63) is 35.4 Å². The van der Waals surface area contributed by atoms with E-state index in [0.29, 0.717) is 24.9 Å². The van der Waals surface area contributed by atoms with E-state index in [4.69, 9.17) is 0 Å². The molecule has 0 spiro atoms. The summed E-state index contributed by atoms with van der Waals surface area (Å²) in [5, 5.41) is 6.51. The molecule has 1 atom stereocenters. The molecule has 1 aliphatic carbocycles. The van der Waals surface area contributed by atoms with E-state index in [1.54, 1.807) is 0 Å². The van der Waals surface area contributed by atoms with Gasteiger partial charge in [-0.25, -0.2) is 0 Å². The van der Waals surface area contributed by atoms with Crippen molar-refractivity contribution in [1.82, 2.24) is 15.5 Å². The average Bonchev–Trinajstić information content (AvgIpc) is 3.20. The van der Waals surface area contributed by atoms with Gasteiger partial charge in [0, 0.05) is 25.6 Å². The Hall–Kier alpha value is -0.810. The Labute approximate surface area is 183 Å². The fourth-order valence-electron chi connectivity index (χ4n) is 4.38. The zero-order valence-electron chi connectivity index (χ0n) is 17.1. The van der Waals surface area contributed by atoms with Crippen LogP contribution >= 0.6 is 24.8 Å². The third kappa shape index (κ3) is 7.90. The molecule has 1 heterocycles. The summed E-state index contributed by atoms with van der Waals surface area (Å²) in [6.07, 6.45) is 9.64. The largest absolute Gasteiger partial charge is 0.352 e. The summed E-state index contributed by atoms with van der Waals surface area (Å²) in [4.78, 5) is 14.7. The van der Waals surface area contributed by atoms with Crippen LogP contribution in [0.3, 0.4) is 0 Å². The van der Waals surface area contributed by atoms with Crippen LogP contribution in [0.1, 0.15) is 62.5 Å². The lowest BCUT2D eigenvalue weighted by Crippen LogP contribution is -2.33. The second kappa shape index (κ2) is 13.4. The van der Waals surface area contributed by atoms with Gasteiger partial charge in [-0.2, -0.15) is 0 Å². The molecule has 1 aromatic carbocycles. The van der Waals surface area contributed by atoms with Crippen molar-refractivity contribution in [3.63, 3.8) is 0 Å². The van der Waals surface area contributed by atoms with Gasteiger partial charge < -0.3 is 10.6 Å². The summed E-state index contributed by atoms with van der Waals surface area (Å²) >= 11 is 0. The quantitative estimate of drug-likeness (QED) is 0.646. The van der Waals surface area contributed by atoms with Crippen molar-refractivity contribution in [3.8, 4) is 0 Å². The fourth-order valence-corrected chi connectivity index (χ4v) is 4.38. The Morgan fingerprint density at radius 3 is 2.50 bits per heavy atom. The summed E-state index contributed by atoms with van der Waals surface area (Å²) in [7, 11) is 2.25. The molecule has 1 saturated carbocycles. The van der Waals surface area contributed by atoms with Crippen LogP contribution in [0.2, 0.25) is 0 Å². The summed E-state index contributed by atoms with van der Waals surface area (Å²) < 4.78 is 0. The van der Waals surface area contributed by atoms with Crippen LogP contribution in [0.15, 0.2) is 24.3 Å². The number of hydrogen-bond acceptors (Lipinski definition) is 3. The van der Waals surface area contributed by atoms with Gasteiger partial charge in [-0.15, -0.1) is 24.8 Å². The highest BCUT2D eigenvalue weighted by molar-refractivity contribution is 5.85. The highest BCUT2D eigenvalue weighted by Gasteiger charge is 2.19. The molecule has 6 heteroatoms. The molecular formula is C22H37Cl2N3O. The topological polar surface area (TPSA) is 44.4 Å². The average molecular weight is 430 g/mol. The molecule has 1 amide bonds. The molecule has 1 unspecified atom stereocenters. The van der Waals surface area contributed by atoms with Gasteiger partial charge in [0.1, 0.15) is 0 Å². The van der Waals surface area contributed by atoms with Gasteiger partial charge in [0.15, 0.2) is 0 Å². The number of nitrogens with zero attached hydrogens (tertiary/aromatic N) is 1. The Kier molecular flexibility index (Phi) is 12.1. The lowest BCUT2D eigenvalue weighted by atomic mass is 9.94. The lowest BCUT2D eigenvalue weighted by molar-refractivity contribution is -0.121. The van der Waals surface area contributed by atoms with Crippen LogP contribution in [-0.2, 0) is 17.9 Å². The number of carbonyl (C=O) groups is 1. The number of halogens is 2. The molecule has 0 aromatic heterocycles. The molecule has 160 valence electrons. The van der Waals surface area contributed by atoms with Crippen molar-refractivity contribution in [1.29, 1.82) is 0 Å². The first-order valence-corrected chi connectivity index (χ1v) is 10.5. The molecule has 1 aromatic rings. The van der Waals surface area contributed by atoms with E-state index < -0.39 is 0 Å². The van der Waals surface area contributed by atoms with E-state index in [9.17, 15) is 4.79 Å². The first kappa shape index (κ1) is 25.2. The highest BCUT2D eigenvalue weighted by atomic mass is 35.5. The molecule has 2 aliphatic rings. The van der Waals surface area contributed by atoms with Gasteiger partial charge in [0.2, 0.25) is 5.91 Å². The molecule has 28 heavy (non-hydrogen) atoms. The summed E-state index contributed by atoms with van der Waals surface area (Å²) in [6.45, 7) is 3.80. The van der Waals surface area contributed by atoms with Gasteiger partial charge in [0.05, 0.1) is 0 Å². The molecule has 0 bridgehead atoms. The number of benzene rings is 1. The number of carbonyl (C=O) groups excluding carboxylic acids is 1. The number of hydrogen-bond donors (Lipinski definition) is 2. The van der Waals surface area contributed by atoms with Crippen molar-refractivity contribution < 1.29 is 4.79 Å². The lowest BCUT2D eigenvalue weighted by Gasteiger charge is -2.31. The van der Waals surface area contributed by atoms with Crippen molar-refractivity contribution in [2.24, 2.45) is 5.92 Å². The minimum Gasteiger partial charge on any atom is -0.352 e. The molecule has 3 rings (SSSR count). The number of rotatable bonds is 8. The maximum Gasteiger partial charge on any atom is 0.220 e. The maximum absolute atomic E-state index is 12.2. The fraction of sp³-hybridized carbons (Fsp3) is 0.682. The monoisotopic (exact) mass is 429 g/mol. The van der Waals surface area contributed by atoms with E-state index in [2.05, 4.69) is 46.8 Å². The van der Waals surface area contributed by atoms with Gasteiger partial charge >= 0.3 is 0 Å². The molecule has 2 fully saturated rings. The van der Waals surface area contributed by atoms with E-state index in [0.717, 1.165) is 26.1 Å². The third-order valence-electron chi connectivity index (χ3n) is 6.15. The Morgan fingerprint density at radius 1 is 1.11 bits per heavy atom. The van der Waals surface area contributed by atoms with Crippen molar-refractivity contribution in [2.45, 2.75) is 70.5 Å². The minimum atomic E-state index is 0. The van der Waals surface area contributed by atoms with Gasteiger partial charge in [-0.05, 0) is 62.9 Å². The van der Waals surface area contributed by atoms with E-state index in [1.165, 1.54) is 49.7 Å². The summed E-state index contributed by atoms with van der Waals surface area (Å²) in [5.74, 6) is 0.865. The zero-order valence-corrected chi connectivity index (χ0v) is 18.8. The standard InChI is InChI=1S/C22H35N3O.2ClH/c1-25(21-9-3-2-4-10-21)17-20-8-6-5-7-19(20)16-24-22(26)12-11-18-13-14-23-15-18;;/h5-8,18,21,23H,2-4,9-17H2,1H3,(H,24,26);2*1H. The second-order valence-electron chi connectivity index (χ2n) is 8.15. The second-order valence-corrected chi connectivity index (χ2v) is 8.15. The summed E-state index contributed by atoms with van der Waals surface area (Å²) in [6, 6.07) is 9.28. The predicted octanol–water partition coefficient (Wildman–Crippen LogP) is 4.30. The molecular weight excluding hydrogens is 393 g/mol. The predicted molar refractivity (Wildman–Crippen MR) is 121 cm³/mol. The van der Waals surface area contributed by atoms with Gasteiger partial charge in [0.25, 0.3) is 0 Å². The van der Waals surface area contributed by atoms with Crippen LogP contribution < -0.4 is 10.6 Å². The normalized spacial score (nSPS) is 19.7. The first-order valence-electron chi connectivity index (χ1n) is 10.5. The maximum atomic E-state index is 12.2. The van der Waals surface area contributed by atoms with E-state index >= 15 is 0 Å². The van der Waals surface area contributed by atoms with Crippen molar-refractivity contribution in [2.75, 3.05) is 20.1 Å². The zero-order chi connectivity index (χ0) is 18.2.